The number of rotatable bonds is 5. The van der Waals surface area contributed by atoms with Gasteiger partial charge >= 0.3 is 0 Å². The fraction of sp³-hybridized carbons (Fsp3) is 0.917. The Hall–Kier alpha value is -0.650. The van der Waals surface area contributed by atoms with Crippen molar-refractivity contribution in [3.63, 3.8) is 0 Å². The molecule has 1 saturated heterocycles. The second-order valence-corrected chi connectivity index (χ2v) is 5.24. The van der Waals surface area contributed by atoms with Crippen LogP contribution in [-0.2, 0) is 14.3 Å². The van der Waals surface area contributed by atoms with Gasteiger partial charge in [-0.3, -0.25) is 4.79 Å². The second-order valence-electron chi connectivity index (χ2n) is 5.24. The third kappa shape index (κ3) is 4.26. The van der Waals surface area contributed by atoms with Gasteiger partial charge in [0.2, 0.25) is 5.91 Å². The van der Waals surface area contributed by atoms with E-state index < -0.39 is 5.79 Å². The first-order valence-electron chi connectivity index (χ1n) is 6.36. The van der Waals surface area contributed by atoms with Crippen molar-refractivity contribution in [2.75, 3.05) is 26.3 Å². The van der Waals surface area contributed by atoms with Crippen LogP contribution in [0, 0.1) is 5.92 Å². The van der Waals surface area contributed by atoms with Crippen molar-refractivity contribution in [2.24, 2.45) is 5.92 Å². The van der Waals surface area contributed by atoms with E-state index in [1.165, 1.54) is 0 Å². The van der Waals surface area contributed by atoms with E-state index in [9.17, 15) is 4.79 Å². The highest BCUT2D eigenvalue weighted by molar-refractivity contribution is 5.80. The van der Waals surface area contributed by atoms with Crippen molar-refractivity contribution in [2.45, 2.75) is 38.5 Å². The third-order valence-corrected chi connectivity index (χ3v) is 3.07. The third-order valence-electron chi connectivity index (χ3n) is 3.07. The Balaban J connectivity index is 1.52. The first-order valence-corrected chi connectivity index (χ1v) is 6.36. The smallest absolute Gasteiger partial charge is 0.223 e. The summed E-state index contributed by atoms with van der Waals surface area (Å²) in [4.78, 5) is 11.4. The van der Waals surface area contributed by atoms with Crippen molar-refractivity contribution in [1.82, 2.24) is 10.6 Å². The van der Waals surface area contributed by atoms with Crippen LogP contribution in [-0.4, -0.2) is 44.0 Å². The van der Waals surface area contributed by atoms with Crippen molar-refractivity contribution >= 4 is 5.91 Å². The Bertz CT molecular complexity index is 267. The molecule has 2 fully saturated rings. The van der Waals surface area contributed by atoms with Gasteiger partial charge in [0, 0.05) is 19.0 Å². The minimum absolute atomic E-state index is 0.198. The van der Waals surface area contributed by atoms with Gasteiger partial charge in [0.1, 0.15) is 0 Å². The molecule has 1 aliphatic heterocycles. The lowest BCUT2D eigenvalue weighted by Gasteiger charge is -2.35. The Morgan fingerprint density at radius 3 is 2.47 bits per heavy atom. The molecule has 1 aliphatic carbocycles. The highest BCUT2D eigenvalue weighted by Gasteiger charge is 2.29. The number of hydrogen-bond acceptors (Lipinski definition) is 4. The van der Waals surface area contributed by atoms with Crippen molar-refractivity contribution in [3.05, 3.63) is 0 Å². The van der Waals surface area contributed by atoms with Gasteiger partial charge in [-0.25, -0.2) is 0 Å². The van der Waals surface area contributed by atoms with Gasteiger partial charge in [0.25, 0.3) is 0 Å². The highest BCUT2D eigenvalue weighted by atomic mass is 16.7. The molecule has 0 spiro atoms. The molecule has 17 heavy (non-hydrogen) atoms. The van der Waals surface area contributed by atoms with E-state index >= 15 is 0 Å². The van der Waals surface area contributed by atoms with Crippen LogP contribution in [0.1, 0.15) is 26.7 Å². The van der Waals surface area contributed by atoms with Crippen LogP contribution in [0.15, 0.2) is 0 Å². The second kappa shape index (κ2) is 5.33. The number of hydrogen-bond donors (Lipinski definition) is 2. The summed E-state index contributed by atoms with van der Waals surface area (Å²) in [5.74, 6) is 0.0273. The fourth-order valence-electron chi connectivity index (χ4n) is 1.76. The molecular formula is C12H22N2O3. The van der Waals surface area contributed by atoms with Gasteiger partial charge in [-0.2, -0.15) is 0 Å². The number of nitrogens with one attached hydrogen (secondary N) is 2. The van der Waals surface area contributed by atoms with Crippen molar-refractivity contribution in [1.29, 1.82) is 0 Å². The molecule has 0 atom stereocenters. The lowest BCUT2D eigenvalue weighted by molar-refractivity contribution is -0.252. The maximum Gasteiger partial charge on any atom is 0.223 e. The molecule has 1 heterocycles. The first-order chi connectivity index (χ1) is 8.07. The molecule has 0 bridgehead atoms. The summed E-state index contributed by atoms with van der Waals surface area (Å²) in [7, 11) is 0. The molecule has 2 aliphatic rings. The van der Waals surface area contributed by atoms with Crippen molar-refractivity contribution in [3.8, 4) is 0 Å². The maximum atomic E-state index is 11.4. The monoisotopic (exact) mass is 242 g/mol. The zero-order valence-electron chi connectivity index (χ0n) is 10.6. The Morgan fingerprint density at radius 2 is 1.88 bits per heavy atom. The van der Waals surface area contributed by atoms with E-state index in [0.717, 1.165) is 19.4 Å². The number of amides is 1. The molecule has 2 N–H and O–H groups in total. The summed E-state index contributed by atoms with van der Waals surface area (Å²) in [6.45, 7) is 6.58. The average molecular weight is 242 g/mol. The molecule has 0 radical (unpaired) electrons. The van der Waals surface area contributed by atoms with Crippen LogP contribution in [0.3, 0.4) is 0 Å². The summed E-state index contributed by atoms with van der Waals surface area (Å²) in [5.41, 5.74) is 0. The van der Waals surface area contributed by atoms with Crippen LogP contribution in [0.2, 0.25) is 0 Å². The molecule has 0 aromatic heterocycles. The highest BCUT2D eigenvalue weighted by Crippen LogP contribution is 2.28. The lowest BCUT2D eigenvalue weighted by Crippen LogP contribution is -2.50. The van der Waals surface area contributed by atoms with Crippen LogP contribution < -0.4 is 10.6 Å². The molecule has 5 heteroatoms. The van der Waals surface area contributed by atoms with Gasteiger partial charge < -0.3 is 20.1 Å². The number of carbonyl (C=O) groups is 1. The standard InChI is InChI=1S/C12H22N2O3/c1-12(2)16-7-10(8-17-12)13-5-6-14-11(15)9-3-4-9/h9-10,13H,3-8H2,1-2H3,(H,14,15). The molecule has 0 unspecified atom stereocenters. The first kappa shape index (κ1) is 12.8. The summed E-state index contributed by atoms with van der Waals surface area (Å²) >= 11 is 0. The zero-order chi connectivity index (χ0) is 12.3. The summed E-state index contributed by atoms with van der Waals surface area (Å²) in [6.07, 6.45) is 2.11. The molecule has 98 valence electrons. The number of carbonyl (C=O) groups excluding carboxylic acids is 1. The number of ether oxygens (including phenoxy) is 2. The van der Waals surface area contributed by atoms with Gasteiger partial charge in [-0.05, 0) is 26.7 Å². The minimum Gasteiger partial charge on any atom is -0.355 e. The summed E-state index contributed by atoms with van der Waals surface area (Å²) in [6, 6.07) is 0.223. The predicted octanol–water partition coefficient (Wildman–Crippen LogP) is 0.254. The average Bonchev–Trinajstić information content (AvgIpc) is 3.09. The van der Waals surface area contributed by atoms with Gasteiger partial charge in [-0.1, -0.05) is 0 Å². The molecule has 2 rings (SSSR count). The van der Waals surface area contributed by atoms with E-state index in [4.69, 9.17) is 9.47 Å². The fourth-order valence-corrected chi connectivity index (χ4v) is 1.76. The van der Waals surface area contributed by atoms with E-state index in [2.05, 4.69) is 10.6 Å². The Labute approximate surface area is 102 Å². The molecule has 5 nitrogen and oxygen atoms in total. The zero-order valence-corrected chi connectivity index (χ0v) is 10.6. The van der Waals surface area contributed by atoms with Crippen LogP contribution >= 0.6 is 0 Å². The molecule has 1 amide bonds. The minimum atomic E-state index is -0.460. The van der Waals surface area contributed by atoms with Crippen LogP contribution in [0.25, 0.3) is 0 Å². The molecular weight excluding hydrogens is 220 g/mol. The van der Waals surface area contributed by atoms with E-state index in [-0.39, 0.29) is 17.9 Å². The van der Waals surface area contributed by atoms with Gasteiger partial charge in [0.15, 0.2) is 5.79 Å². The SMILES string of the molecule is CC1(C)OCC(NCCNC(=O)C2CC2)CO1. The van der Waals surface area contributed by atoms with E-state index in [1.807, 2.05) is 13.8 Å². The maximum absolute atomic E-state index is 11.4. The summed E-state index contributed by atoms with van der Waals surface area (Å²) in [5, 5.41) is 6.23. The van der Waals surface area contributed by atoms with E-state index in [0.29, 0.717) is 19.8 Å². The Morgan fingerprint density at radius 1 is 1.24 bits per heavy atom. The summed E-state index contributed by atoms with van der Waals surface area (Å²) < 4.78 is 11.1. The van der Waals surface area contributed by atoms with Gasteiger partial charge in [0.05, 0.1) is 19.3 Å². The molecule has 1 saturated carbocycles. The van der Waals surface area contributed by atoms with E-state index in [1.54, 1.807) is 0 Å². The Kier molecular flexibility index (Phi) is 4.01. The van der Waals surface area contributed by atoms with Gasteiger partial charge in [-0.15, -0.1) is 0 Å². The normalized spacial score (nSPS) is 24.6. The largest absolute Gasteiger partial charge is 0.355 e. The van der Waals surface area contributed by atoms with Crippen LogP contribution in [0.5, 0.6) is 0 Å². The topological polar surface area (TPSA) is 59.6 Å². The molecule has 0 aromatic rings. The molecule has 0 aromatic carbocycles. The quantitative estimate of drug-likeness (QED) is 0.679. The lowest BCUT2D eigenvalue weighted by atomic mass is 10.2. The van der Waals surface area contributed by atoms with Crippen LogP contribution in [0.4, 0.5) is 0 Å². The van der Waals surface area contributed by atoms with Crippen molar-refractivity contribution < 1.29 is 14.3 Å². The predicted molar refractivity (Wildman–Crippen MR) is 63.5 cm³/mol.